The molecule has 0 aliphatic rings. The SMILES string of the molecule is CCOc1ccccc1CSCC(C)C(=O)OC. The maximum Gasteiger partial charge on any atom is 0.309 e. The Kier molecular flexibility index (Phi) is 6.65. The van der Waals surface area contributed by atoms with Crippen LogP contribution in [-0.4, -0.2) is 25.4 Å². The molecule has 0 aliphatic carbocycles. The van der Waals surface area contributed by atoms with Gasteiger partial charge in [-0.1, -0.05) is 25.1 Å². The summed E-state index contributed by atoms with van der Waals surface area (Å²) in [5.41, 5.74) is 1.17. The third kappa shape index (κ3) is 4.61. The Labute approximate surface area is 113 Å². The third-order valence-electron chi connectivity index (χ3n) is 2.50. The zero-order valence-electron chi connectivity index (χ0n) is 11.1. The number of carbonyl (C=O) groups excluding carboxylic acids is 1. The van der Waals surface area contributed by atoms with E-state index >= 15 is 0 Å². The largest absolute Gasteiger partial charge is 0.494 e. The summed E-state index contributed by atoms with van der Waals surface area (Å²) in [5.74, 6) is 2.31. The van der Waals surface area contributed by atoms with Crippen molar-refractivity contribution >= 4 is 17.7 Å². The fourth-order valence-corrected chi connectivity index (χ4v) is 2.60. The fraction of sp³-hybridized carbons (Fsp3) is 0.500. The van der Waals surface area contributed by atoms with Crippen LogP contribution in [0, 0.1) is 5.92 Å². The van der Waals surface area contributed by atoms with Gasteiger partial charge >= 0.3 is 5.97 Å². The maximum absolute atomic E-state index is 11.3. The first-order chi connectivity index (χ1) is 8.69. The summed E-state index contributed by atoms with van der Waals surface area (Å²) in [6.45, 7) is 4.52. The van der Waals surface area contributed by atoms with Crippen LogP contribution in [0.1, 0.15) is 19.4 Å². The predicted octanol–water partition coefficient (Wildman–Crippen LogP) is 3.13. The zero-order valence-corrected chi connectivity index (χ0v) is 12.0. The summed E-state index contributed by atoms with van der Waals surface area (Å²) in [4.78, 5) is 11.3. The van der Waals surface area contributed by atoms with Gasteiger partial charge in [-0.15, -0.1) is 0 Å². The smallest absolute Gasteiger partial charge is 0.309 e. The molecule has 1 aromatic carbocycles. The van der Waals surface area contributed by atoms with E-state index in [1.807, 2.05) is 32.0 Å². The first-order valence-electron chi connectivity index (χ1n) is 6.05. The highest BCUT2D eigenvalue weighted by Crippen LogP contribution is 2.24. The van der Waals surface area contributed by atoms with Crippen molar-refractivity contribution < 1.29 is 14.3 Å². The lowest BCUT2D eigenvalue weighted by atomic mass is 10.2. The van der Waals surface area contributed by atoms with Crippen molar-refractivity contribution in [2.75, 3.05) is 19.5 Å². The minimum absolute atomic E-state index is 0.0701. The summed E-state index contributed by atoms with van der Waals surface area (Å²) < 4.78 is 10.3. The van der Waals surface area contributed by atoms with Gasteiger partial charge in [0, 0.05) is 17.1 Å². The number of benzene rings is 1. The van der Waals surface area contributed by atoms with E-state index in [0.29, 0.717) is 6.61 Å². The summed E-state index contributed by atoms with van der Waals surface area (Å²) >= 11 is 1.72. The van der Waals surface area contributed by atoms with Crippen molar-refractivity contribution in [3.05, 3.63) is 29.8 Å². The van der Waals surface area contributed by atoms with Gasteiger partial charge < -0.3 is 9.47 Å². The van der Waals surface area contributed by atoms with Crippen LogP contribution in [0.15, 0.2) is 24.3 Å². The average Bonchev–Trinajstić information content (AvgIpc) is 2.40. The van der Waals surface area contributed by atoms with Crippen LogP contribution in [0.2, 0.25) is 0 Å². The number of thioether (sulfide) groups is 1. The molecule has 4 heteroatoms. The Morgan fingerprint density at radius 3 is 2.78 bits per heavy atom. The van der Waals surface area contributed by atoms with E-state index < -0.39 is 0 Å². The normalized spacial score (nSPS) is 11.9. The molecule has 0 N–H and O–H groups in total. The molecule has 18 heavy (non-hydrogen) atoms. The quantitative estimate of drug-likeness (QED) is 0.712. The number of hydrogen-bond acceptors (Lipinski definition) is 4. The van der Waals surface area contributed by atoms with Gasteiger partial charge in [-0.3, -0.25) is 4.79 Å². The first kappa shape index (κ1) is 14.9. The van der Waals surface area contributed by atoms with Gasteiger partial charge in [0.25, 0.3) is 0 Å². The van der Waals surface area contributed by atoms with E-state index in [9.17, 15) is 4.79 Å². The molecule has 100 valence electrons. The molecule has 0 spiro atoms. The molecule has 0 saturated carbocycles. The van der Waals surface area contributed by atoms with Gasteiger partial charge in [-0.05, 0) is 13.0 Å². The van der Waals surface area contributed by atoms with E-state index in [1.54, 1.807) is 11.8 Å². The minimum atomic E-state index is -0.152. The number of hydrogen-bond donors (Lipinski definition) is 0. The lowest BCUT2D eigenvalue weighted by molar-refractivity contribution is -0.143. The number of methoxy groups -OCH3 is 1. The molecule has 3 nitrogen and oxygen atoms in total. The van der Waals surface area contributed by atoms with Crippen molar-refractivity contribution in [2.24, 2.45) is 5.92 Å². The monoisotopic (exact) mass is 268 g/mol. The molecule has 0 heterocycles. The molecule has 0 radical (unpaired) electrons. The van der Waals surface area contributed by atoms with Crippen molar-refractivity contribution in [1.82, 2.24) is 0 Å². The van der Waals surface area contributed by atoms with Crippen LogP contribution >= 0.6 is 11.8 Å². The molecule has 0 saturated heterocycles. The van der Waals surface area contributed by atoms with Crippen LogP contribution in [0.4, 0.5) is 0 Å². The van der Waals surface area contributed by atoms with E-state index in [4.69, 9.17) is 9.47 Å². The van der Waals surface area contributed by atoms with Crippen LogP contribution in [0.25, 0.3) is 0 Å². The van der Waals surface area contributed by atoms with Crippen molar-refractivity contribution in [3.63, 3.8) is 0 Å². The molecule has 0 aliphatic heterocycles. The van der Waals surface area contributed by atoms with Gasteiger partial charge in [0.2, 0.25) is 0 Å². The zero-order chi connectivity index (χ0) is 13.4. The van der Waals surface area contributed by atoms with Crippen LogP contribution in [-0.2, 0) is 15.3 Å². The molecular formula is C14H20O3S. The topological polar surface area (TPSA) is 35.5 Å². The van der Waals surface area contributed by atoms with Gasteiger partial charge in [0.15, 0.2) is 0 Å². The molecule has 0 fully saturated rings. The highest BCUT2D eigenvalue weighted by Gasteiger charge is 2.13. The fourth-order valence-electron chi connectivity index (χ4n) is 1.53. The van der Waals surface area contributed by atoms with Crippen molar-refractivity contribution in [3.8, 4) is 5.75 Å². The highest BCUT2D eigenvalue weighted by atomic mass is 32.2. The summed E-state index contributed by atoms with van der Waals surface area (Å²) in [6, 6.07) is 8.00. The Bertz CT molecular complexity index is 379. The highest BCUT2D eigenvalue weighted by molar-refractivity contribution is 7.98. The van der Waals surface area contributed by atoms with Crippen molar-refractivity contribution in [1.29, 1.82) is 0 Å². The van der Waals surface area contributed by atoms with E-state index in [2.05, 4.69) is 6.07 Å². The molecule has 1 aromatic rings. The van der Waals surface area contributed by atoms with Gasteiger partial charge in [-0.2, -0.15) is 11.8 Å². The number of esters is 1. The third-order valence-corrected chi connectivity index (χ3v) is 3.75. The Morgan fingerprint density at radius 2 is 2.11 bits per heavy atom. The molecule has 0 aromatic heterocycles. The van der Waals surface area contributed by atoms with E-state index in [-0.39, 0.29) is 11.9 Å². The Balaban J connectivity index is 2.46. The summed E-state index contributed by atoms with van der Waals surface area (Å²) in [5, 5.41) is 0. The molecule has 1 rings (SSSR count). The number of ether oxygens (including phenoxy) is 2. The number of para-hydroxylation sites is 1. The van der Waals surface area contributed by atoms with Gasteiger partial charge in [0.05, 0.1) is 19.6 Å². The minimum Gasteiger partial charge on any atom is -0.494 e. The van der Waals surface area contributed by atoms with Crippen LogP contribution in [0.3, 0.4) is 0 Å². The lowest BCUT2D eigenvalue weighted by Crippen LogP contribution is -2.14. The van der Waals surface area contributed by atoms with Gasteiger partial charge in [-0.25, -0.2) is 0 Å². The molecule has 1 unspecified atom stereocenters. The second-order valence-electron chi connectivity index (χ2n) is 3.98. The predicted molar refractivity (Wildman–Crippen MR) is 75.0 cm³/mol. The second-order valence-corrected chi connectivity index (χ2v) is 5.01. The second kappa shape index (κ2) is 8.03. The standard InChI is InChI=1S/C14H20O3S/c1-4-17-13-8-6-5-7-12(13)10-18-9-11(2)14(15)16-3/h5-8,11H,4,9-10H2,1-3H3. The molecule has 0 amide bonds. The van der Waals surface area contributed by atoms with Crippen molar-refractivity contribution in [2.45, 2.75) is 19.6 Å². The van der Waals surface area contributed by atoms with Crippen LogP contribution < -0.4 is 4.74 Å². The number of rotatable bonds is 7. The van der Waals surface area contributed by atoms with E-state index in [0.717, 1.165) is 17.3 Å². The van der Waals surface area contributed by atoms with Gasteiger partial charge in [0.1, 0.15) is 5.75 Å². The Hall–Kier alpha value is -1.16. The summed E-state index contributed by atoms with van der Waals surface area (Å²) in [6.07, 6.45) is 0. The van der Waals surface area contributed by atoms with Crippen LogP contribution in [0.5, 0.6) is 5.75 Å². The maximum atomic E-state index is 11.3. The molecular weight excluding hydrogens is 248 g/mol. The van der Waals surface area contributed by atoms with E-state index in [1.165, 1.54) is 12.7 Å². The Morgan fingerprint density at radius 1 is 1.39 bits per heavy atom. The molecule has 0 bridgehead atoms. The number of carbonyl (C=O) groups is 1. The summed E-state index contributed by atoms with van der Waals surface area (Å²) in [7, 11) is 1.42. The lowest BCUT2D eigenvalue weighted by Gasteiger charge is -2.11. The average molecular weight is 268 g/mol. The molecule has 1 atom stereocenters. The first-order valence-corrected chi connectivity index (χ1v) is 7.20.